The second kappa shape index (κ2) is 8.29. The van der Waals surface area contributed by atoms with Crippen molar-refractivity contribution in [3.05, 3.63) is 53.6 Å². The van der Waals surface area contributed by atoms with Gasteiger partial charge in [0.05, 0.1) is 0 Å². The number of aromatic nitrogens is 2. The summed E-state index contributed by atoms with van der Waals surface area (Å²) in [4.78, 5) is 29.5. The maximum Gasteiger partial charge on any atom is 0.253 e. The molecule has 6 nitrogen and oxygen atoms in total. The molecule has 1 aromatic heterocycles. The van der Waals surface area contributed by atoms with Crippen LogP contribution in [0.15, 0.2) is 36.7 Å². The molecular weight excluding hydrogens is 304 g/mol. The van der Waals surface area contributed by atoms with E-state index in [4.69, 9.17) is 5.73 Å². The number of primary amides is 1. The molecule has 128 valence electrons. The van der Waals surface area contributed by atoms with E-state index in [1.807, 2.05) is 12.4 Å². The van der Waals surface area contributed by atoms with Crippen LogP contribution in [0, 0.1) is 0 Å². The average Bonchev–Trinajstić information content (AvgIpc) is 3.02. The number of nitrogens with two attached hydrogens (primary N) is 1. The summed E-state index contributed by atoms with van der Waals surface area (Å²) in [7, 11) is 1.78. The van der Waals surface area contributed by atoms with Gasteiger partial charge in [-0.05, 0) is 37.1 Å². The summed E-state index contributed by atoms with van der Waals surface area (Å²) in [5.41, 5.74) is 6.15. The monoisotopic (exact) mass is 328 g/mol. The summed E-state index contributed by atoms with van der Waals surface area (Å²) in [6.45, 7) is 3.76. The summed E-state index contributed by atoms with van der Waals surface area (Å²) in [5.74, 6) is 0.497. The third kappa shape index (κ3) is 4.44. The third-order valence-electron chi connectivity index (χ3n) is 3.92. The van der Waals surface area contributed by atoms with Gasteiger partial charge in [0.15, 0.2) is 0 Å². The molecule has 6 heteroatoms. The van der Waals surface area contributed by atoms with Gasteiger partial charge in [-0.3, -0.25) is 9.59 Å². The molecule has 0 atom stereocenters. The Morgan fingerprint density at radius 2 is 1.88 bits per heavy atom. The number of hydrogen-bond acceptors (Lipinski definition) is 3. The Balaban J connectivity index is 1.87. The second-order valence-electron chi connectivity index (χ2n) is 5.81. The first kappa shape index (κ1) is 17.7. The second-order valence-corrected chi connectivity index (χ2v) is 5.81. The molecule has 2 N–H and O–H groups in total. The molecule has 1 heterocycles. The largest absolute Gasteiger partial charge is 0.366 e. The molecule has 0 bridgehead atoms. The Morgan fingerprint density at radius 1 is 1.21 bits per heavy atom. The lowest BCUT2D eigenvalue weighted by Crippen LogP contribution is -2.28. The van der Waals surface area contributed by atoms with Gasteiger partial charge in [0.2, 0.25) is 5.91 Å². The number of hydrogen-bond donors (Lipinski definition) is 1. The number of carbonyl (C=O) groups excluding carboxylic acids is 2. The number of amides is 2. The maximum atomic E-state index is 12.4. The van der Waals surface area contributed by atoms with E-state index in [-0.39, 0.29) is 5.91 Å². The number of nitrogens with zero attached hydrogens (tertiary/aromatic N) is 3. The molecule has 0 spiro atoms. The molecule has 2 aromatic rings. The number of benzene rings is 1. The van der Waals surface area contributed by atoms with Crippen LogP contribution >= 0.6 is 0 Å². The van der Waals surface area contributed by atoms with Gasteiger partial charge in [0, 0.05) is 50.1 Å². The molecule has 0 saturated carbocycles. The predicted octanol–water partition coefficient (Wildman–Crippen LogP) is 2.10. The van der Waals surface area contributed by atoms with Gasteiger partial charge in [-0.2, -0.15) is 0 Å². The highest BCUT2D eigenvalue weighted by molar-refractivity contribution is 5.97. The van der Waals surface area contributed by atoms with Crippen molar-refractivity contribution in [1.82, 2.24) is 14.5 Å². The lowest BCUT2D eigenvalue weighted by Gasteiger charge is -2.17. The van der Waals surface area contributed by atoms with Gasteiger partial charge in [-0.1, -0.05) is 6.92 Å². The quantitative estimate of drug-likeness (QED) is 0.805. The first-order chi connectivity index (χ1) is 11.5. The van der Waals surface area contributed by atoms with Crippen molar-refractivity contribution in [3.8, 4) is 0 Å². The van der Waals surface area contributed by atoms with Crippen molar-refractivity contribution in [2.24, 2.45) is 5.73 Å². The van der Waals surface area contributed by atoms with Crippen LogP contribution in [0.25, 0.3) is 0 Å². The van der Waals surface area contributed by atoms with E-state index in [1.54, 1.807) is 36.2 Å². The summed E-state index contributed by atoms with van der Waals surface area (Å²) in [6.07, 6.45) is 6.57. The average molecular weight is 328 g/mol. The predicted molar refractivity (Wildman–Crippen MR) is 92.8 cm³/mol. The minimum atomic E-state index is -0.495. The summed E-state index contributed by atoms with van der Waals surface area (Å²) < 4.78 is 2.16. The molecule has 0 aliphatic heterocycles. The Hall–Kier alpha value is -2.63. The number of aryl methyl sites for hydroxylation is 2. The lowest BCUT2D eigenvalue weighted by molar-refractivity contribution is 0.0792. The molecular formula is C18H24N4O2. The Bertz CT molecular complexity index is 691. The van der Waals surface area contributed by atoms with E-state index in [1.165, 1.54) is 0 Å². The van der Waals surface area contributed by atoms with Crippen LogP contribution in [0.1, 0.15) is 46.3 Å². The van der Waals surface area contributed by atoms with Crippen LogP contribution in [0.4, 0.5) is 0 Å². The normalized spacial score (nSPS) is 10.6. The molecule has 0 saturated heterocycles. The van der Waals surface area contributed by atoms with Crippen LogP contribution in [0.2, 0.25) is 0 Å². The molecule has 0 radical (unpaired) electrons. The standard InChI is InChI=1S/C18H24N4O2/c1-3-11-22-13-10-20-16(22)5-4-12-21(2)18(24)15-8-6-14(7-9-15)17(19)23/h6-10,13H,3-5,11-12H2,1-2H3,(H2,19,23). The van der Waals surface area contributed by atoms with Gasteiger partial charge in [0.25, 0.3) is 5.91 Å². The fourth-order valence-corrected chi connectivity index (χ4v) is 2.59. The van der Waals surface area contributed by atoms with Crippen LogP contribution in [-0.4, -0.2) is 39.9 Å². The Labute approximate surface area is 142 Å². The summed E-state index contributed by atoms with van der Waals surface area (Å²) in [6, 6.07) is 6.41. The topological polar surface area (TPSA) is 81.2 Å². The van der Waals surface area contributed by atoms with Crippen molar-refractivity contribution in [3.63, 3.8) is 0 Å². The van der Waals surface area contributed by atoms with Crippen molar-refractivity contribution in [1.29, 1.82) is 0 Å². The van der Waals surface area contributed by atoms with Crippen molar-refractivity contribution in [2.75, 3.05) is 13.6 Å². The molecule has 2 rings (SSSR count). The molecule has 0 aliphatic rings. The molecule has 0 aliphatic carbocycles. The molecule has 0 unspecified atom stereocenters. The maximum absolute atomic E-state index is 12.4. The van der Waals surface area contributed by atoms with Gasteiger partial charge in [-0.25, -0.2) is 4.98 Å². The first-order valence-electron chi connectivity index (χ1n) is 8.18. The lowest BCUT2D eigenvalue weighted by atomic mass is 10.1. The zero-order chi connectivity index (χ0) is 17.5. The van der Waals surface area contributed by atoms with Crippen molar-refractivity contribution in [2.45, 2.75) is 32.7 Å². The van der Waals surface area contributed by atoms with E-state index >= 15 is 0 Å². The Kier molecular flexibility index (Phi) is 6.12. The highest BCUT2D eigenvalue weighted by atomic mass is 16.2. The smallest absolute Gasteiger partial charge is 0.253 e. The SMILES string of the molecule is CCCn1ccnc1CCCN(C)C(=O)c1ccc(C(N)=O)cc1. The number of imidazole rings is 1. The zero-order valence-corrected chi connectivity index (χ0v) is 14.2. The van der Waals surface area contributed by atoms with Gasteiger partial charge in [-0.15, -0.1) is 0 Å². The fraction of sp³-hybridized carbons (Fsp3) is 0.389. The van der Waals surface area contributed by atoms with E-state index in [0.29, 0.717) is 17.7 Å². The van der Waals surface area contributed by atoms with E-state index < -0.39 is 5.91 Å². The number of carbonyl (C=O) groups is 2. The van der Waals surface area contributed by atoms with Gasteiger partial charge < -0.3 is 15.2 Å². The first-order valence-corrected chi connectivity index (χ1v) is 8.18. The van der Waals surface area contributed by atoms with Crippen LogP contribution in [0.5, 0.6) is 0 Å². The van der Waals surface area contributed by atoms with E-state index in [0.717, 1.165) is 31.6 Å². The molecule has 2 amide bonds. The summed E-state index contributed by atoms with van der Waals surface area (Å²) in [5, 5.41) is 0. The highest BCUT2D eigenvalue weighted by Gasteiger charge is 2.12. The van der Waals surface area contributed by atoms with Gasteiger partial charge in [0.1, 0.15) is 5.82 Å². The van der Waals surface area contributed by atoms with Crippen molar-refractivity contribution >= 4 is 11.8 Å². The number of rotatable bonds is 8. The zero-order valence-electron chi connectivity index (χ0n) is 14.2. The fourth-order valence-electron chi connectivity index (χ4n) is 2.59. The van der Waals surface area contributed by atoms with Crippen LogP contribution in [-0.2, 0) is 13.0 Å². The summed E-state index contributed by atoms with van der Waals surface area (Å²) >= 11 is 0. The minimum Gasteiger partial charge on any atom is -0.366 e. The van der Waals surface area contributed by atoms with Crippen LogP contribution < -0.4 is 5.73 Å². The molecule has 0 fully saturated rings. The van der Waals surface area contributed by atoms with Crippen molar-refractivity contribution < 1.29 is 9.59 Å². The third-order valence-corrected chi connectivity index (χ3v) is 3.92. The highest BCUT2D eigenvalue weighted by Crippen LogP contribution is 2.08. The van der Waals surface area contributed by atoms with Crippen LogP contribution in [0.3, 0.4) is 0 Å². The van der Waals surface area contributed by atoms with Gasteiger partial charge >= 0.3 is 0 Å². The minimum absolute atomic E-state index is 0.0667. The van der Waals surface area contributed by atoms with E-state index in [9.17, 15) is 9.59 Å². The Morgan fingerprint density at radius 3 is 2.50 bits per heavy atom. The van der Waals surface area contributed by atoms with E-state index in [2.05, 4.69) is 16.5 Å². The molecule has 1 aromatic carbocycles. The molecule has 24 heavy (non-hydrogen) atoms.